The lowest BCUT2D eigenvalue weighted by molar-refractivity contribution is -0.130. The van der Waals surface area contributed by atoms with Crippen molar-refractivity contribution < 1.29 is 38.3 Å². The number of carboxylic acid groups (broad SMARTS) is 1. The monoisotopic (exact) mass is 504 g/mol. The van der Waals surface area contributed by atoms with Gasteiger partial charge < -0.3 is 24.1 Å². The highest BCUT2D eigenvalue weighted by atomic mass is 16.6. The van der Waals surface area contributed by atoms with Crippen molar-refractivity contribution in [2.45, 2.75) is 6.42 Å². The third kappa shape index (κ3) is 5.08. The number of carbonyl (C=O) groups excluding carboxylic acids is 1. The van der Waals surface area contributed by atoms with Gasteiger partial charge in [-0.3, -0.25) is 4.79 Å². The van der Waals surface area contributed by atoms with Crippen LogP contribution in [0.15, 0.2) is 64.8 Å². The molecule has 1 N–H and O–H groups in total. The maximum Gasteiger partial charge on any atom is 0.336 e. The molecule has 1 aromatic heterocycles. The van der Waals surface area contributed by atoms with Gasteiger partial charge in [-0.2, -0.15) is 0 Å². The average molecular weight is 504 g/mol. The number of hydrogen-bond acceptors (Lipinski definition) is 9. The van der Waals surface area contributed by atoms with Crippen LogP contribution < -0.4 is 18.9 Å². The van der Waals surface area contributed by atoms with Crippen LogP contribution in [0.1, 0.15) is 21.5 Å². The standard InChI is InChI=1S/C27H24N2O8/c1-33-18-8-5-16(6-9-18)25(30)19(11-15-12-22(34-2)26(36-4)23(13-15)35-3)24(27(31)32)17-7-10-20-21(14-17)29-37-28-20/h5-10,12-14H,11H2,1-4H3,(H,31,32)/b24-19+. The average Bonchev–Trinajstić information content (AvgIpc) is 3.39. The number of aromatic nitrogens is 2. The van der Waals surface area contributed by atoms with Crippen molar-refractivity contribution in [3.63, 3.8) is 0 Å². The van der Waals surface area contributed by atoms with Gasteiger partial charge in [0.05, 0.1) is 34.0 Å². The van der Waals surface area contributed by atoms with E-state index in [0.29, 0.717) is 45.2 Å². The minimum Gasteiger partial charge on any atom is -0.497 e. The summed E-state index contributed by atoms with van der Waals surface area (Å²) in [4.78, 5) is 26.4. The number of benzene rings is 3. The number of carboxylic acids is 1. The van der Waals surface area contributed by atoms with Gasteiger partial charge in [0.2, 0.25) is 5.75 Å². The van der Waals surface area contributed by atoms with Gasteiger partial charge in [-0.25, -0.2) is 9.42 Å². The molecule has 0 radical (unpaired) electrons. The maximum atomic E-state index is 13.8. The number of rotatable bonds is 10. The second-order valence-corrected chi connectivity index (χ2v) is 7.89. The molecule has 0 spiro atoms. The number of fused-ring (bicyclic) bond motifs is 1. The molecule has 0 aliphatic rings. The van der Waals surface area contributed by atoms with Gasteiger partial charge in [-0.05, 0) is 70.0 Å². The Labute approximate surface area is 212 Å². The first-order chi connectivity index (χ1) is 17.9. The molecule has 0 saturated heterocycles. The summed E-state index contributed by atoms with van der Waals surface area (Å²) in [7, 11) is 5.95. The van der Waals surface area contributed by atoms with Gasteiger partial charge in [-0.15, -0.1) is 0 Å². The predicted molar refractivity (Wildman–Crippen MR) is 133 cm³/mol. The minimum atomic E-state index is -1.28. The van der Waals surface area contributed by atoms with Crippen LogP contribution in [0.5, 0.6) is 23.0 Å². The summed E-state index contributed by atoms with van der Waals surface area (Å²) >= 11 is 0. The lowest BCUT2D eigenvalue weighted by atomic mass is 9.89. The molecule has 37 heavy (non-hydrogen) atoms. The number of methoxy groups -OCH3 is 4. The molecule has 0 atom stereocenters. The van der Waals surface area contributed by atoms with Crippen LogP contribution in [0, 0.1) is 0 Å². The van der Waals surface area contributed by atoms with Crippen molar-refractivity contribution in [1.82, 2.24) is 10.3 Å². The van der Waals surface area contributed by atoms with Crippen molar-refractivity contribution in [1.29, 1.82) is 0 Å². The molecule has 10 heteroatoms. The molecule has 0 bridgehead atoms. The van der Waals surface area contributed by atoms with Gasteiger partial charge in [0.25, 0.3) is 0 Å². The second kappa shape index (κ2) is 10.8. The van der Waals surface area contributed by atoms with Crippen LogP contribution in [0.4, 0.5) is 0 Å². The smallest absolute Gasteiger partial charge is 0.336 e. The number of ketones is 1. The molecule has 0 aliphatic heterocycles. The number of ether oxygens (including phenoxy) is 4. The van der Waals surface area contributed by atoms with Gasteiger partial charge in [0.15, 0.2) is 17.3 Å². The SMILES string of the molecule is COc1ccc(C(=O)/C(Cc2cc(OC)c(OC)c(OC)c2)=C(/C(=O)O)c2ccc3nonc3c2)cc1. The Kier molecular flexibility index (Phi) is 7.38. The zero-order chi connectivity index (χ0) is 26.5. The fourth-order valence-electron chi connectivity index (χ4n) is 4.00. The lowest BCUT2D eigenvalue weighted by Crippen LogP contribution is -2.14. The third-order valence-corrected chi connectivity index (χ3v) is 5.79. The molecule has 190 valence electrons. The number of Topliss-reactive ketones (excluding diaryl/α,β-unsaturated/α-hetero) is 1. The van der Waals surface area contributed by atoms with Gasteiger partial charge >= 0.3 is 5.97 Å². The number of carbonyl (C=O) groups is 2. The Morgan fingerprint density at radius 3 is 1.97 bits per heavy atom. The van der Waals surface area contributed by atoms with Crippen molar-refractivity contribution in [2.75, 3.05) is 28.4 Å². The van der Waals surface area contributed by atoms with Crippen LogP contribution in [0.25, 0.3) is 16.6 Å². The highest BCUT2D eigenvalue weighted by molar-refractivity contribution is 6.26. The van der Waals surface area contributed by atoms with Gasteiger partial charge in [0, 0.05) is 17.6 Å². The summed E-state index contributed by atoms with van der Waals surface area (Å²) in [5.41, 5.74) is 1.84. The van der Waals surface area contributed by atoms with Crippen molar-refractivity contribution in [3.05, 3.63) is 76.9 Å². The molecule has 0 aliphatic carbocycles. The van der Waals surface area contributed by atoms with E-state index >= 15 is 0 Å². The van der Waals surface area contributed by atoms with Crippen molar-refractivity contribution in [2.24, 2.45) is 0 Å². The zero-order valence-corrected chi connectivity index (χ0v) is 20.6. The molecule has 10 nitrogen and oxygen atoms in total. The third-order valence-electron chi connectivity index (χ3n) is 5.79. The number of aliphatic carboxylic acids is 1. The summed E-state index contributed by atoms with van der Waals surface area (Å²) < 4.78 is 26.2. The van der Waals surface area contributed by atoms with Crippen LogP contribution >= 0.6 is 0 Å². The van der Waals surface area contributed by atoms with Gasteiger partial charge in [0.1, 0.15) is 16.8 Å². The topological polar surface area (TPSA) is 130 Å². The van der Waals surface area contributed by atoms with E-state index in [1.165, 1.54) is 34.5 Å². The number of hydrogen-bond donors (Lipinski definition) is 1. The van der Waals surface area contributed by atoms with E-state index in [2.05, 4.69) is 10.3 Å². The number of allylic oxidation sites excluding steroid dienone is 1. The summed E-state index contributed by atoms with van der Waals surface area (Å²) in [6.07, 6.45) is -0.0433. The fourth-order valence-corrected chi connectivity index (χ4v) is 4.00. The Morgan fingerprint density at radius 1 is 0.784 bits per heavy atom. The van der Waals surface area contributed by atoms with Crippen LogP contribution in [0.3, 0.4) is 0 Å². The first-order valence-corrected chi connectivity index (χ1v) is 11.1. The Bertz CT molecular complexity index is 1460. The Balaban J connectivity index is 1.93. The molecule has 4 aromatic rings. The van der Waals surface area contributed by atoms with E-state index in [1.807, 2.05) is 0 Å². The molecular weight excluding hydrogens is 480 g/mol. The lowest BCUT2D eigenvalue weighted by Gasteiger charge is -2.16. The summed E-state index contributed by atoms with van der Waals surface area (Å²) in [6.45, 7) is 0. The number of nitrogens with zero attached hydrogens (tertiary/aromatic N) is 2. The molecule has 0 fully saturated rings. The summed E-state index contributed by atoms with van der Waals surface area (Å²) in [6, 6.07) is 14.5. The maximum absolute atomic E-state index is 13.8. The van der Waals surface area contributed by atoms with Crippen LogP contribution in [-0.4, -0.2) is 55.6 Å². The second-order valence-electron chi connectivity index (χ2n) is 7.89. The molecule has 0 amide bonds. The molecule has 3 aromatic carbocycles. The van der Waals surface area contributed by atoms with E-state index in [4.69, 9.17) is 23.6 Å². The predicted octanol–water partition coefficient (Wildman–Crippen LogP) is 4.22. The summed E-state index contributed by atoms with van der Waals surface area (Å²) in [5, 5.41) is 17.9. The fraction of sp³-hybridized carbons (Fsp3) is 0.185. The van der Waals surface area contributed by atoms with Crippen LogP contribution in [-0.2, 0) is 11.2 Å². The summed E-state index contributed by atoms with van der Waals surface area (Å²) in [5.74, 6) is -0.0511. The molecule has 0 unspecified atom stereocenters. The van der Waals surface area contributed by atoms with E-state index < -0.39 is 11.8 Å². The first kappa shape index (κ1) is 25.2. The van der Waals surface area contributed by atoms with Crippen molar-refractivity contribution in [3.8, 4) is 23.0 Å². The van der Waals surface area contributed by atoms with E-state index in [9.17, 15) is 14.7 Å². The van der Waals surface area contributed by atoms with Crippen molar-refractivity contribution >= 4 is 28.4 Å². The van der Waals surface area contributed by atoms with E-state index in [0.717, 1.165) is 0 Å². The normalized spacial score (nSPS) is 11.6. The van der Waals surface area contributed by atoms with E-state index in [1.54, 1.807) is 48.5 Å². The molecule has 4 rings (SSSR count). The largest absolute Gasteiger partial charge is 0.497 e. The van der Waals surface area contributed by atoms with Gasteiger partial charge in [-0.1, -0.05) is 6.07 Å². The highest BCUT2D eigenvalue weighted by Gasteiger charge is 2.26. The molecular formula is C27H24N2O8. The quantitative estimate of drug-likeness (QED) is 0.247. The van der Waals surface area contributed by atoms with Crippen LogP contribution in [0.2, 0.25) is 0 Å². The Hall–Kier alpha value is -4.86. The zero-order valence-electron chi connectivity index (χ0n) is 20.6. The highest BCUT2D eigenvalue weighted by Crippen LogP contribution is 2.39. The molecule has 1 heterocycles. The van der Waals surface area contributed by atoms with E-state index in [-0.39, 0.29) is 23.1 Å². The Morgan fingerprint density at radius 2 is 1.41 bits per heavy atom. The minimum absolute atomic E-state index is 0.0433. The first-order valence-electron chi connectivity index (χ1n) is 11.1. The molecule has 0 saturated carbocycles.